The highest BCUT2D eigenvalue weighted by molar-refractivity contribution is 6.00. The predicted octanol–water partition coefficient (Wildman–Crippen LogP) is 0.992. The van der Waals surface area contributed by atoms with E-state index < -0.39 is 6.04 Å². The SMILES string of the molecule is CNC(C)C(=O)N[C@H]1CCc2ccccc2N(Cc2cncn2C)C1=O. The molecule has 7 heteroatoms. The molecule has 0 fully saturated rings. The molecule has 1 aliphatic rings. The number of aryl methyl sites for hydroxylation is 2. The number of rotatable bonds is 5. The Morgan fingerprint density at radius 3 is 2.85 bits per heavy atom. The van der Waals surface area contributed by atoms with E-state index in [-0.39, 0.29) is 17.9 Å². The number of anilines is 1. The first-order chi connectivity index (χ1) is 12.5. The average molecular weight is 355 g/mol. The summed E-state index contributed by atoms with van der Waals surface area (Å²) in [5.41, 5.74) is 2.95. The van der Waals surface area contributed by atoms with E-state index in [2.05, 4.69) is 15.6 Å². The second-order valence-corrected chi connectivity index (χ2v) is 6.66. The van der Waals surface area contributed by atoms with Crippen molar-refractivity contribution in [3.63, 3.8) is 0 Å². The van der Waals surface area contributed by atoms with Crippen LogP contribution in [0.4, 0.5) is 5.69 Å². The molecule has 1 unspecified atom stereocenters. The van der Waals surface area contributed by atoms with E-state index in [0.717, 1.165) is 23.4 Å². The van der Waals surface area contributed by atoms with Crippen molar-refractivity contribution in [2.24, 2.45) is 7.05 Å². The maximum Gasteiger partial charge on any atom is 0.249 e. The summed E-state index contributed by atoms with van der Waals surface area (Å²) in [6, 6.07) is 7.03. The molecular weight excluding hydrogens is 330 g/mol. The zero-order chi connectivity index (χ0) is 18.7. The van der Waals surface area contributed by atoms with Crippen molar-refractivity contribution in [3.05, 3.63) is 48.0 Å². The van der Waals surface area contributed by atoms with Crippen LogP contribution in [0, 0.1) is 0 Å². The smallest absolute Gasteiger partial charge is 0.249 e. The quantitative estimate of drug-likeness (QED) is 0.838. The minimum absolute atomic E-state index is 0.0900. The summed E-state index contributed by atoms with van der Waals surface area (Å²) in [4.78, 5) is 31.4. The van der Waals surface area contributed by atoms with Gasteiger partial charge in [0.1, 0.15) is 6.04 Å². The molecule has 1 aromatic carbocycles. The van der Waals surface area contributed by atoms with E-state index >= 15 is 0 Å². The average Bonchev–Trinajstić information content (AvgIpc) is 3.01. The molecule has 2 N–H and O–H groups in total. The Morgan fingerprint density at radius 2 is 2.15 bits per heavy atom. The second kappa shape index (κ2) is 7.70. The fraction of sp³-hybridized carbons (Fsp3) is 0.421. The number of hydrogen-bond acceptors (Lipinski definition) is 4. The van der Waals surface area contributed by atoms with Gasteiger partial charge in [-0.25, -0.2) is 4.98 Å². The van der Waals surface area contributed by atoms with E-state index in [0.29, 0.717) is 13.0 Å². The van der Waals surface area contributed by atoms with E-state index in [4.69, 9.17) is 0 Å². The standard InChI is InChI=1S/C19H25N5O2/c1-13(20-2)18(25)22-16-9-8-14-6-4-5-7-17(14)24(19(16)26)11-15-10-21-12-23(15)3/h4-7,10,12-13,16,20H,8-9,11H2,1-3H3,(H,22,25)/t13?,16-/m0/s1. The molecule has 2 atom stereocenters. The van der Waals surface area contributed by atoms with Crippen molar-refractivity contribution in [2.75, 3.05) is 11.9 Å². The highest BCUT2D eigenvalue weighted by atomic mass is 16.2. The fourth-order valence-electron chi connectivity index (χ4n) is 3.14. The molecule has 0 aliphatic carbocycles. The third-order valence-corrected chi connectivity index (χ3v) is 4.93. The molecule has 2 amide bonds. The summed E-state index contributed by atoms with van der Waals surface area (Å²) in [7, 11) is 3.63. The lowest BCUT2D eigenvalue weighted by Gasteiger charge is -2.27. The van der Waals surface area contributed by atoms with Crippen LogP contribution in [0.3, 0.4) is 0 Å². The van der Waals surface area contributed by atoms with Crippen molar-refractivity contribution in [2.45, 2.75) is 38.4 Å². The minimum Gasteiger partial charge on any atom is -0.343 e. The number of carbonyl (C=O) groups is 2. The van der Waals surface area contributed by atoms with Crippen LogP contribution in [-0.2, 0) is 29.6 Å². The molecule has 2 heterocycles. The zero-order valence-electron chi connectivity index (χ0n) is 15.4. The van der Waals surface area contributed by atoms with Crippen LogP contribution in [0.5, 0.6) is 0 Å². The lowest BCUT2D eigenvalue weighted by atomic mass is 10.1. The molecule has 2 aromatic rings. The van der Waals surface area contributed by atoms with Gasteiger partial charge in [0, 0.05) is 18.9 Å². The highest BCUT2D eigenvalue weighted by Gasteiger charge is 2.32. The summed E-state index contributed by atoms with van der Waals surface area (Å²) < 4.78 is 1.90. The number of benzene rings is 1. The Labute approximate surface area is 153 Å². The number of hydrogen-bond donors (Lipinski definition) is 2. The zero-order valence-corrected chi connectivity index (χ0v) is 15.4. The second-order valence-electron chi connectivity index (χ2n) is 6.66. The highest BCUT2D eigenvalue weighted by Crippen LogP contribution is 2.28. The number of fused-ring (bicyclic) bond motifs is 1. The van der Waals surface area contributed by atoms with Gasteiger partial charge in [0.2, 0.25) is 11.8 Å². The summed E-state index contributed by atoms with van der Waals surface area (Å²) in [5, 5.41) is 5.81. The van der Waals surface area contributed by atoms with Crippen LogP contribution in [-0.4, -0.2) is 40.5 Å². The van der Waals surface area contributed by atoms with Crippen LogP contribution in [0.15, 0.2) is 36.8 Å². The van der Waals surface area contributed by atoms with Crippen LogP contribution in [0.2, 0.25) is 0 Å². The van der Waals surface area contributed by atoms with Crippen molar-refractivity contribution in [1.29, 1.82) is 0 Å². The van der Waals surface area contributed by atoms with Crippen molar-refractivity contribution >= 4 is 17.5 Å². The molecule has 0 saturated carbocycles. The lowest BCUT2D eigenvalue weighted by molar-refractivity contribution is -0.128. The van der Waals surface area contributed by atoms with E-state index in [9.17, 15) is 9.59 Å². The summed E-state index contributed by atoms with van der Waals surface area (Å²) in [6.07, 6.45) is 4.80. The van der Waals surface area contributed by atoms with Crippen LogP contribution < -0.4 is 15.5 Å². The van der Waals surface area contributed by atoms with Crippen molar-refractivity contribution in [3.8, 4) is 0 Å². The van der Waals surface area contributed by atoms with Gasteiger partial charge >= 0.3 is 0 Å². The van der Waals surface area contributed by atoms with Crippen molar-refractivity contribution < 1.29 is 9.59 Å². The number of amides is 2. The molecule has 7 nitrogen and oxygen atoms in total. The number of para-hydroxylation sites is 1. The van der Waals surface area contributed by atoms with Crippen LogP contribution >= 0.6 is 0 Å². The molecule has 0 spiro atoms. The van der Waals surface area contributed by atoms with Gasteiger partial charge < -0.3 is 20.1 Å². The Bertz CT molecular complexity index is 801. The Kier molecular flexibility index (Phi) is 5.37. The van der Waals surface area contributed by atoms with E-state index in [1.165, 1.54) is 0 Å². The molecule has 0 bridgehead atoms. The van der Waals surface area contributed by atoms with Gasteiger partial charge in [0.05, 0.1) is 24.6 Å². The Hall–Kier alpha value is -2.67. The minimum atomic E-state index is -0.543. The summed E-state index contributed by atoms with van der Waals surface area (Å²) in [6.45, 7) is 2.19. The Balaban J connectivity index is 1.90. The summed E-state index contributed by atoms with van der Waals surface area (Å²) >= 11 is 0. The topological polar surface area (TPSA) is 79.3 Å². The molecule has 1 aliphatic heterocycles. The number of nitrogens with one attached hydrogen (secondary N) is 2. The molecule has 0 saturated heterocycles. The number of nitrogens with zero attached hydrogens (tertiary/aromatic N) is 3. The van der Waals surface area contributed by atoms with Crippen LogP contribution in [0.25, 0.3) is 0 Å². The first-order valence-electron chi connectivity index (χ1n) is 8.83. The van der Waals surface area contributed by atoms with Gasteiger partial charge in [0.25, 0.3) is 0 Å². The third kappa shape index (κ3) is 3.62. The lowest BCUT2D eigenvalue weighted by Crippen LogP contribution is -2.52. The molecule has 3 rings (SSSR count). The summed E-state index contributed by atoms with van der Waals surface area (Å²) in [5.74, 6) is -0.259. The maximum absolute atomic E-state index is 13.3. The number of imidazole rings is 1. The normalized spacial score (nSPS) is 18.2. The van der Waals surface area contributed by atoms with E-state index in [1.54, 1.807) is 31.4 Å². The van der Waals surface area contributed by atoms with Gasteiger partial charge in [-0.1, -0.05) is 18.2 Å². The number of aromatic nitrogens is 2. The first kappa shape index (κ1) is 18.1. The molecule has 1 aromatic heterocycles. The van der Waals surface area contributed by atoms with Crippen LogP contribution in [0.1, 0.15) is 24.6 Å². The maximum atomic E-state index is 13.3. The fourth-order valence-corrected chi connectivity index (χ4v) is 3.14. The first-order valence-corrected chi connectivity index (χ1v) is 8.83. The number of likely N-dealkylation sites (N-methyl/N-ethyl adjacent to an activating group) is 1. The monoisotopic (exact) mass is 355 g/mol. The van der Waals surface area contributed by atoms with Gasteiger partial charge in [-0.2, -0.15) is 0 Å². The molecule has 0 radical (unpaired) electrons. The molecular formula is C19H25N5O2. The van der Waals surface area contributed by atoms with Gasteiger partial charge in [-0.15, -0.1) is 0 Å². The largest absolute Gasteiger partial charge is 0.343 e. The number of carbonyl (C=O) groups excluding carboxylic acids is 2. The molecule has 26 heavy (non-hydrogen) atoms. The Morgan fingerprint density at radius 1 is 1.38 bits per heavy atom. The third-order valence-electron chi connectivity index (χ3n) is 4.93. The van der Waals surface area contributed by atoms with Gasteiger partial charge in [-0.3, -0.25) is 9.59 Å². The van der Waals surface area contributed by atoms with Crippen molar-refractivity contribution in [1.82, 2.24) is 20.2 Å². The predicted molar refractivity (Wildman–Crippen MR) is 99.6 cm³/mol. The van der Waals surface area contributed by atoms with Gasteiger partial charge in [0.15, 0.2) is 0 Å². The van der Waals surface area contributed by atoms with Gasteiger partial charge in [-0.05, 0) is 38.4 Å². The van der Waals surface area contributed by atoms with E-state index in [1.807, 2.05) is 35.9 Å². The molecule has 138 valence electrons.